The highest BCUT2D eigenvalue weighted by Crippen LogP contribution is 2.02. The highest BCUT2D eigenvalue weighted by atomic mass is 35.5. The number of carbonyl (C=O) groups excluding carboxylic acids is 1. The van der Waals surface area contributed by atoms with Crippen LogP contribution in [-0.2, 0) is 9.53 Å². The Bertz CT molecular complexity index is 134. The van der Waals surface area contributed by atoms with Crippen LogP contribution in [0.5, 0.6) is 0 Å². The van der Waals surface area contributed by atoms with Gasteiger partial charge in [0.2, 0.25) is 5.91 Å². The van der Waals surface area contributed by atoms with Crippen molar-refractivity contribution in [3.8, 4) is 0 Å². The maximum Gasteiger partial charge on any atom is 0.247 e. The Balaban J connectivity index is 2.33. The third kappa shape index (κ3) is 1.83. The normalized spacial score (nSPS) is 33.7. The number of ether oxygens (including phenoxy) is 1. The molecule has 0 bridgehead atoms. The summed E-state index contributed by atoms with van der Waals surface area (Å²) >= 11 is 5.60. The Hall–Kier alpha value is -0.320. The molecule has 0 aliphatic carbocycles. The van der Waals surface area contributed by atoms with Gasteiger partial charge in [-0.05, 0) is 0 Å². The summed E-state index contributed by atoms with van der Waals surface area (Å²) < 4.78 is 4.98. The highest BCUT2D eigenvalue weighted by Gasteiger charge is 2.22. The number of amides is 1. The van der Waals surface area contributed by atoms with Crippen molar-refractivity contribution in [3.05, 3.63) is 0 Å². The van der Waals surface area contributed by atoms with E-state index in [4.69, 9.17) is 22.1 Å². The van der Waals surface area contributed by atoms with Crippen LogP contribution in [0.4, 0.5) is 0 Å². The fraction of sp³-hybridized carbons (Fsp3) is 0.800. The van der Waals surface area contributed by atoms with Crippen molar-refractivity contribution >= 4 is 17.5 Å². The number of hydrogen-bond donors (Lipinski definition) is 2. The van der Waals surface area contributed by atoms with Crippen LogP contribution in [-0.4, -0.2) is 30.7 Å². The number of halogens is 1. The first kappa shape index (κ1) is 7.78. The van der Waals surface area contributed by atoms with Crippen LogP contribution in [0, 0.1) is 0 Å². The molecule has 1 saturated heterocycles. The number of morpholine rings is 1. The van der Waals surface area contributed by atoms with Gasteiger partial charge in [-0.25, -0.2) is 0 Å². The zero-order valence-electron chi connectivity index (χ0n) is 5.34. The number of hydrogen-bond acceptors (Lipinski definition) is 3. The van der Waals surface area contributed by atoms with Crippen molar-refractivity contribution in [3.63, 3.8) is 0 Å². The van der Waals surface area contributed by atoms with E-state index in [0.717, 1.165) is 0 Å². The highest BCUT2D eigenvalue weighted by molar-refractivity contribution is 6.20. The Morgan fingerprint density at radius 1 is 1.80 bits per heavy atom. The molecule has 3 N–H and O–H groups in total. The Morgan fingerprint density at radius 3 is 2.90 bits per heavy atom. The summed E-state index contributed by atoms with van der Waals surface area (Å²) in [6.45, 7) is 0.735. The second-order valence-electron chi connectivity index (χ2n) is 2.10. The molecule has 0 aromatic carbocycles. The van der Waals surface area contributed by atoms with Gasteiger partial charge in [0, 0.05) is 6.54 Å². The smallest absolute Gasteiger partial charge is 0.247 e. The van der Waals surface area contributed by atoms with Crippen molar-refractivity contribution < 1.29 is 9.53 Å². The van der Waals surface area contributed by atoms with Crippen molar-refractivity contribution in [2.24, 2.45) is 5.73 Å². The minimum Gasteiger partial charge on any atom is -0.367 e. The molecule has 10 heavy (non-hydrogen) atoms. The van der Waals surface area contributed by atoms with E-state index >= 15 is 0 Å². The second kappa shape index (κ2) is 3.18. The summed E-state index contributed by atoms with van der Waals surface area (Å²) in [7, 11) is 0. The number of carbonyl (C=O) groups is 1. The largest absolute Gasteiger partial charge is 0.367 e. The molecule has 0 spiro atoms. The molecule has 1 aliphatic rings. The van der Waals surface area contributed by atoms with Crippen LogP contribution in [0.25, 0.3) is 0 Å². The molecule has 0 saturated carbocycles. The minimum absolute atomic E-state index is 0.199. The molecule has 4 nitrogen and oxygen atoms in total. The van der Waals surface area contributed by atoms with Gasteiger partial charge in [0.15, 0.2) is 0 Å². The van der Waals surface area contributed by atoms with Gasteiger partial charge in [-0.3, -0.25) is 10.1 Å². The lowest BCUT2D eigenvalue weighted by molar-refractivity contribution is -0.131. The van der Waals surface area contributed by atoms with Gasteiger partial charge in [0.25, 0.3) is 0 Å². The third-order valence-electron chi connectivity index (χ3n) is 1.29. The molecule has 1 heterocycles. The average molecular weight is 165 g/mol. The van der Waals surface area contributed by atoms with E-state index in [-0.39, 0.29) is 5.50 Å². The molecule has 0 radical (unpaired) electrons. The van der Waals surface area contributed by atoms with Crippen LogP contribution in [0.15, 0.2) is 0 Å². The average Bonchev–Trinajstić information content (AvgIpc) is 1.88. The Kier molecular flexibility index (Phi) is 2.48. The summed E-state index contributed by atoms with van der Waals surface area (Å²) in [5, 5.41) is 2.85. The lowest BCUT2D eigenvalue weighted by Crippen LogP contribution is -2.49. The summed E-state index contributed by atoms with van der Waals surface area (Å²) in [6.07, 6.45) is -0.519. The topological polar surface area (TPSA) is 64.4 Å². The van der Waals surface area contributed by atoms with E-state index in [0.29, 0.717) is 13.2 Å². The van der Waals surface area contributed by atoms with Crippen molar-refractivity contribution in [1.82, 2.24) is 5.32 Å². The van der Waals surface area contributed by atoms with E-state index in [1.807, 2.05) is 0 Å². The van der Waals surface area contributed by atoms with E-state index in [9.17, 15) is 4.79 Å². The first-order chi connectivity index (χ1) is 4.70. The molecule has 1 aliphatic heterocycles. The summed E-state index contributed by atoms with van der Waals surface area (Å²) in [6, 6.07) is 0. The molecule has 0 aromatic rings. The first-order valence-electron chi connectivity index (χ1n) is 2.98. The maximum absolute atomic E-state index is 10.5. The number of nitrogens with two attached hydrogens (primary N) is 1. The van der Waals surface area contributed by atoms with Gasteiger partial charge < -0.3 is 10.5 Å². The summed E-state index contributed by atoms with van der Waals surface area (Å²) in [4.78, 5) is 10.5. The van der Waals surface area contributed by atoms with E-state index in [2.05, 4.69) is 5.32 Å². The fourth-order valence-electron chi connectivity index (χ4n) is 0.736. The van der Waals surface area contributed by atoms with Crippen molar-refractivity contribution in [1.29, 1.82) is 0 Å². The van der Waals surface area contributed by atoms with E-state index < -0.39 is 12.0 Å². The molecule has 1 rings (SSSR count). The van der Waals surface area contributed by atoms with E-state index in [1.165, 1.54) is 0 Å². The number of rotatable bonds is 1. The predicted octanol–water partition coefficient (Wildman–Crippen LogP) is -0.975. The molecular formula is C5H9ClN2O2. The lowest BCUT2D eigenvalue weighted by Gasteiger charge is -2.24. The van der Waals surface area contributed by atoms with Crippen molar-refractivity contribution in [2.75, 3.05) is 13.2 Å². The number of primary amides is 1. The SMILES string of the molecule is NC(=O)C1CNC(Cl)CO1. The Labute approximate surface area is 63.7 Å². The van der Waals surface area contributed by atoms with Crippen molar-refractivity contribution in [2.45, 2.75) is 11.6 Å². The van der Waals surface area contributed by atoms with Gasteiger partial charge in [-0.15, -0.1) is 11.6 Å². The molecule has 1 amide bonds. The fourth-order valence-corrected chi connectivity index (χ4v) is 0.898. The van der Waals surface area contributed by atoms with E-state index in [1.54, 1.807) is 0 Å². The van der Waals surface area contributed by atoms with Gasteiger partial charge in [0.05, 0.1) is 6.61 Å². The lowest BCUT2D eigenvalue weighted by atomic mass is 10.3. The van der Waals surface area contributed by atoms with Crippen LogP contribution >= 0.6 is 11.6 Å². The number of nitrogens with one attached hydrogen (secondary N) is 1. The quantitative estimate of drug-likeness (QED) is 0.387. The standard InChI is InChI=1S/C5H9ClN2O2/c6-4-2-10-3(1-8-4)5(7)9/h3-4,8H,1-2H2,(H2,7,9). The molecule has 58 valence electrons. The summed E-state index contributed by atoms with van der Waals surface area (Å²) in [5.74, 6) is -0.448. The van der Waals surface area contributed by atoms with Crippen LogP contribution in [0.1, 0.15) is 0 Å². The van der Waals surface area contributed by atoms with Crippen LogP contribution < -0.4 is 11.1 Å². The Morgan fingerprint density at radius 2 is 2.50 bits per heavy atom. The third-order valence-corrected chi connectivity index (χ3v) is 1.57. The van der Waals surface area contributed by atoms with Crippen LogP contribution in [0.3, 0.4) is 0 Å². The van der Waals surface area contributed by atoms with Gasteiger partial charge in [-0.2, -0.15) is 0 Å². The minimum atomic E-state index is -0.519. The zero-order valence-corrected chi connectivity index (χ0v) is 6.10. The number of alkyl halides is 1. The molecule has 0 aromatic heterocycles. The molecular weight excluding hydrogens is 156 g/mol. The zero-order chi connectivity index (χ0) is 7.56. The maximum atomic E-state index is 10.5. The first-order valence-corrected chi connectivity index (χ1v) is 3.42. The molecule has 5 heteroatoms. The van der Waals surface area contributed by atoms with Crippen LogP contribution in [0.2, 0.25) is 0 Å². The van der Waals surface area contributed by atoms with Gasteiger partial charge in [0.1, 0.15) is 11.6 Å². The molecule has 2 atom stereocenters. The predicted molar refractivity (Wildman–Crippen MR) is 36.6 cm³/mol. The summed E-state index contributed by atoms with van der Waals surface area (Å²) in [5.41, 5.74) is 4.77. The molecule has 1 fully saturated rings. The molecule has 2 unspecified atom stereocenters. The van der Waals surface area contributed by atoms with Gasteiger partial charge >= 0.3 is 0 Å². The van der Waals surface area contributed by atoms with Gasteiger partial charge in [-0.1, -0.05) is 0 Å². The monoisotopic (exact) mass is 164 g/mol. The second-order valence-corrected chi connectivity index (χ2v) is 2.63.